The van der Waals surface area contributed by atoms with Crippen LogP contribution in [0.3, 0.4) is 0 Å². The van der Waals surface area contributed by atoms with Crippen LogP contribution in [0.5, 0.6) is 0 Å². The largest absolute Gasteiger partial charge is 0.444 e. The minimum absolute atomic E-state index is 0.186. The van der Waals surface area contributed by atoms with E-state index in [4.69, 9.17) is 4.74 Å². The number of ether oxygens (including phenoxy) is 1. The lowest BCUT2D eigenvalue weighted by Crippen LogP contribution is -2.27. The maximum atomic E-state index is 14.6. The van der Waals surface area contributed by atoms with E-state index in [2.05, 4.69) is 25.9 Å². The summed E-state index contributed by atoms with van der Waals surface area (Å²) in [5.74, 6) is -0.902. The van der Waals surface area contributed by atoms with E-state index in [-0.39, 0.29) is 21.3 Å². The van der Waals surface area contributed by atoms with Gasteiger partial charge in [0.15, 0.2) is 5.13 Å². The fourth-order valence-corrected chi connectivity index (χ4v) is 4.15. The van der Waals surface area contributed by atoms with Crippen molar-refractivity contribution in [2.24, 2.45) is 5.92 Å². The summed E-state index contributed by atoms with van der Waals surface area (Å²) in [7, 11) is 0. The first-order valence-corrected chi connectivity index (χ1v) is 12.6. The van der Waals surface area contributed by atoms with Gasteiger partial charge in [0, 0.05) is 11.9 Å². The highest BCUT2D eigenvalue weighted by molar-refractivity contribution is 7.17. The van der Waals surface area contributed by atoms with Crippen LogP contribution in [0, 0.1) is 18.7 Å². The van der Waals surface area contributed by atoms with Gasteiger partial charge in [0.1, 0.15) is 22.1 Å². The summed E-state index contributed by atoms with van der Waals surface area (Å²) in [5.41, 5.74) is 0.878. The maximum Gasteiger partial charge on any atom is 0.413 e. The van der Waals surface area contributed by atoms with E-state index in [1.54, 1.807) is 40.0 Å². The molecule has 1 fully saturated rings. The fraction of sp³-hybridized carbons (Fsp3) is 0.346. The molecule has 4 rings (SSSR count). The van der Waals surface area contributed by atoms with E-state index in [0.717, 1.165) is 29.2 Å². The lowest BCUT2D eigenvalue weighted by molar-refractivity contribution is 0.0635. The molecular formula is C26H28FN5O4S. The van der Waals surface area contributed by atoms with Crippen LogP contribution >= 0.6 is 11.3 Å². The SMILES string of the molecule is Cc1cc(F)c(C(=O)Nc2ccc(CC3CC3)cn2)cc1NC(=O)c1cnc(NC(=O)OC(C)(C)C)s1. The number of carbonyl (C=O) groups is 3. The molecule has 2 heterocycles. The van der Waals surface area contributed by atoms with Gasteiger partial charge in [-0.05, 0) is 82.2 Å². The number of aromatic nitrogens is 2. The molecule has 1 saturated carbocycles. The molecule has 194 valence electrons. The molecule has 0 atom stereocenters. The van der Waals surface area contributed by atoms with Crippen LogP contribution in [-0.2, 0) is 11.2 Å². The minimum atomic E-state index is -0.722. The van der Waals surface area contributed by atoms with Crippen LogP contribution < -0.4 is 16.0 Å². The van der Waals surface area contributed by atoms with E-state index >= 15 is 0 Å². The van der Waals surface area contributed by atoms with Gasteiger partial charge in [0.2, 0.25) is 0 Å². The molecule has 0 bridgehead atoms. The number of hydrogen-bond donors (Lipinski definition) is 3. The molecule has 0 saturated heterocycles. The molecule has 1 aliphatic carbocycles. The Morgan fingerprint density at radius 2 is 1.81 bits per heavy atom. The van der Waals surface area contributed by atoms with Crippen molar-refractivity contribution in [2.75, 3.05) is 16.0 Å². The zero-order chi connectivity index (χ0) is 26.7. The number of pyridine rings is 1. The van der Waals surface area contributed by atoms with Crippen molar-refractivity contribution in [3.05, 3.63) is 64.0 Å². The summed E-state index contributed by atoms with van der Waals surface area (Å²) >= 11 is 0.948. The van der Waals surface area contributed by atoms with Gasteiger partial charge in [-0.2, -0.15) is 0 Å². The summed E-state index contributed by atoms with van der Waals surface area (Å²) in [6.07, 6.45) is 5.76. The Morgan fingerprint density at radius 1 is 1.05 bits per heavy atom. The Balaban J connectivity index is 1.42. The van der Waals surface area contributed by atoms with Crippen LogP contribution in [0.1, 0.15) is 64.8 Å². The molecule has 2 aromatic heterocycles. The van der Waals surface area contributed by atoms with Gasteiger partial charge >= 0.3 is 6.09 Å². The fourth-order valence-electron chi connectivity index (χ4n) is 3.45. The quantitative estimate of drug-likeness (QED) is 0.359. The first-order valence-electron chi connectivity index (χ1n) is 11.8. The molecular weight excluding hydrogens is 497 g/mol. The van der Waals surface area contributed by atoms with Crippen LogP contribution in [0.2, 0.25) is 0 Å². The van der Waals surface area contributed by atoms with Gasteiger partial charge in [-0.1, -0.05) is 17.4 Å². The molecule has 3 aromatic rings. The van der Waals surface area contributed by atoms with E-state index in [9.17, 15) is 18.8 Å². The number of benzene rings is 1. The van der Waals surface area contributed by atoms with E-state index in [0.29, 0.717) is 11.4 Å². The van der Waals surface area contributed by atoms with Crippen molar-refractivity contribution >= 4 is 45.9 Å². The Hall–Kier alpha value is -3.86. The molecule has 0 spiro atoms. The van der Waals surface area contributed by atoms with Crippen molar-refractivity contribution in [3.63, 3.8) is 0 Å². The summed E-state index contributed by atoms with van der Waals surface area (Å²) in [4.78, 5) is 45.9. The summed E-state index contributed by atoms with van der Waals surface area (Å²) in [6, 6.07) is 6.05. The summed E-state index contributed by atoms with van der Waals surface area (Å²) in [5, 5.41) is 7.94. The number of halogens is 1. The van der Waals surface area contributed by atoms with Crippen LogP contribution in [0.25, 0.3) is 0 Å². The monoisotopic (exact) mass is 525 g/mol. The van der Waals surface area contributed by atoms with Crippen molar-refractivity contribution in [3.8, 4) is 0 Å². The second-order valence-electron chi connectivity index (χ2n) is 9.91. The average molecular weight is 526 g/mol. The summed E-state index contributed by atoms with van der Waals surface area (Å²) in [6.45, 7) is 6.81. The molecule has 0 radical (unpaired) electrons. The Bertz CT molecular complexity index is 1330. The molecule has 37 heavy (non-hydrogen) atoms. The third-order valence-corrected chi connectivity index (χ3v) is 6.34. The first kappa shape index (κ1) is 26.2. The Morgan fingerprint density at radius 3 is 2.46 bits per heavy atom. The second kappa shape index (κ2) is 10.6. The normalized spacial score (nSPS) is 13.1. The van der Waals surface area contributed by atoms with Crippen molar-refractivity contribution < 1.29 is 23.5 Å². The van der Waals surface area contributed by atoms with Crippen molar-refractivity contribution in [1.82, 2.24) is 9.97 Å². The molecule has 1 aromatic carbocycles. The lowest BCUT2D eigenvalue weighted by Gasteiger charge is -2.18. The van der Waals surface area contributed by atoms with Crippen LogP contribution in [0.4, 0.5) is 25.8 Å². The lowest BCUT2D eigenvalue weighted by atomic mass is 10.1. The number of nitrogens with one attached hydrogen (secondary N) is 3. The highest BCUT2D eigenvalue weighted by Gasteiger charge is 2.22. The number of anilines is 3. The maximum absolute atomic E-state index is 14.6. The van der Waals surface area contributed by atoms with Crippen molar-refractivity contribution in [1.29, 1.82) is 0 Å². The van der Waals surface area contributed by atoms with Gasteiger partial charge in [0.25, 0.3) is 11.8 Å². The van der Waals surface area contributed by atoms with Gasteiger partial charge < -0.3 is 15.4 Å². The molecule has 11 heteroatoms. The summed E-state index contributed by atoms with van der Waals surface area (Å²) < 4.78 is 19.8. The van der Waals surface area contributed by atoms with Gasteiger partial charge in [-0.3, -0.25) is 14.9 Å². The topological polar surface area (TPSA) is 122 Å². The number of nitrogens with zero attached hydrogens (tertiary/aromatic N) is 2. The molecule has 0 unspecified atom stereocenters. The van der Waals surface area contributed by atoms with Gasteiger partial charge in [-0.25, -0.2) is 19.2 Å². The number of carbonyl (C=O) groups excluding carboxylic acids is 3. The first-order chi connectivity index (χ1) is 17.5. The predicted molar refractivity (Wildman–Crippen MR) is 140 cm³/mol. The number of thiazole rings is 1. The number of aryl methyl sites for hydroxylation is 1. The molecule has 9 nitrogen and oxygen atoms in total. The van der Waals surface area contributed by atoms with E-state index < -0.39 is 29.3 Å². The number of amides is 3. The highest BCUT2D eigenvalue weighted by atomic mass is 32.1. The zero-order valence-electron chi connectivity index (χ0n) is 21.0. The molecule has 1 aliphatic rings. The van der Waals surface area contributed by atoms with E-state index in [1.807, 2.05) is 6.07 Å². The van der Waals surface area contributed by atoms with Gasteiger partial charge in [-0.15, -0.1) is 0 Å². The molecule has 3 N–H and O–H groups in total. The minimum Gasteiger partial charge on any atom is -0.444 e. The Kier molecular flexibility index (Phi) is 7.53. The second-order valence-corrected chi connectivity index (χ2v) is 10.9. The molecule has 0 aliphatic heterocycles. The zero-order valence-corrected chi connectivity index (χ0v) is 21.8. The standard InChI is InChI=1S/C26H28FN5O4S/c1-14-9-18(27)17(22(33)31-21-8-7-16(12-28-21)10-15-5-6-15)11-19(14)30-23(34)20-13-29-24(37-20)32-25(35)36-26(2,3)4/h7-9,11-13,15H,5-6,10H2,1-4H3,(H,30,34)(H,28,31,33)(H,29,32,35). The molecule has 3 amide bonds. The highest BCUT2D eigenvalue weighted by Crippen LogP contribution is 2.32. The van der Waals surface area contributed by atoms with Gasteiger partial charge in [0.05, 0.1) is 11.8 Å². The third kappa shape index (κ3) is 7.32. The predicted octanol–water partition coefficient (Wildman–Crippen LogP) is 5.79. The number of rotatable bonds is 7. The average Bonchev–Trinajstić information content (AvgIpc) is 3.50. The number of hydrogen-bond acceptors (Lipinski definition) is 7. The smallest absolute Gasteiger partial charge is 0.413 e. The van der Waals surface area contributed by atoms with Crippen LogP contribution in [0.15, 0.2) is 36.7 Å². The Labute approximate surface area is 217 Å². The van der Waals surface area contributed by atoms with Crippen molar-refractivity contribution in [2.45, 2.75) is 52.6 Å². The third-order valence-electron chi connectivity index (χ3n) is 5.43. The van der Waals surface area contributed by atoms with Crippen LogP contribution in [-0.4, -0.2) is 33.5 Å². The van der Waals surface area contributed by atoms with E-state index in [1.165, 1.54) is 31.2 Å².